The van der Waals surface area contributed by atoms with E-state index in [0.29, 0.717) is 25.0 Å². The van der Waals surface area contributed by atoms with Crippen LogP contribution in [0.3, 0.4) is 0 Å². The van der Waals surface area contributed by atoms with E-state index in [9.17, 15) is 9.59 Å². The zero-order valence-electron chi connectivity index (χ0n) is 15.5. The Bertz CT molecular complexity index is 403. The second-order valence-corrected chi connectivity index (χ2v) is 7.19. The Morgan fingerprint density at radius 3 is 2.60 bits per heavy atom. The Balaban J connectivity index is 0.00000312. The summed E-state index contributed by atoms with van der Waals surface area (Å²) in [6.07, 6.45) is 9.42. The van der Waals surface area contributed by atoms with Crippen molar-refractivity contribution in [3.05, 3.63) is 0 Å². The van der Waals surface area contributed by atoms with Crippen molar-refractivity contribution in [2.75, 3.05) is 26.2 Å². The number of halogens is 1. The molecule has 0 bridgehead atoms. The lowest BCUT2D eigenvalue weighted by Crippen LogP contribution is -2.52. The molecule has 0 aromatic rings. The van der Waals surface area contributed by atoms with E-state index in [1.54, 1.807) is 0 Å². The molecule has 6 nitrogen and oxygen atoms in total. The zero-order valence-corrected chi connectivity index (χ0v) is 16.3. The van der Waals surface area contributed by atoms with Gasteiger partial charge in [-0.15, -0.1) is 12.4 Å². The van der Waals surface area contributed by atoms with Crippen LogP contribution in [0.15, 0.2) is 0 Å². The number of carbonyl (C=O) groups is 2. The number of piperazine rings is 1. The molecule has 1 aliphatic heterocycles. The summed E-state index contributed by atoms with van der Waals surface area (Å²) < 4.78 is 0. The van der Waals surface area contributed by atoms with Crippen LogP contribution in [0.25, 0.3) is 0 Å². The predicted octanol–water partition coefficient (Wildman–Crippen LogP) is 2.42. The number of carbonyl (C=O) groups excluding carboxylic acids is 2. The van der Waals surface area contributed by atoms with E-state index in [1.807, 2.05) is 4.90 Å². The predicted molar refractivity (Wildman–Crippen MR) is 103 cm³/mol. The molecule has 0 aromatic carbocycles. The van der Waals surface area contributed by atoms with Gasteiger partial charge in [-0.25, -0.2) is 4.79 Å². The fourth-order valence-electron chi connectivity index (χ4n) is 3.62. The van der Waals surface area contributed by atoms with Crippen LogP contribution in [0.4, 0.5) is 4.79 Å². The number of nitrogens with zero attached hydrogens (tertiary/aromatic N) is 1. The lowest BCUT2D eigenvalue weighted by atomic mass is 9.96. The quantitative estimate of drug-likeness (QED) is 0.599. The summed E-state index contributed by atoms with van der Waals surface area (Å²) in [5, 5.41) is 9.30. The average molecular weight is 375 g/mol. The Hall–Kier alpha value is -1.01. The molecule has 1 saturated heterocycles. The monoisotopic (exact) mass is 374 g/mol. The maximum Gasteiger partial charge on any atom is 0.315 e. The van der Waals surface area contributed by atoms with Gasteiger partial charge < -0.3 is 20.9 Å². The van der Waals surface area contributed by atoms with Crippen LogP contribution in [0.1, 0.15) is 64.7 Å². The number of amides is 3. The third-order valence-corrected chi connectivity index (χ3v) is 5.12. The van der Waals surface area contributed by atoms with Crippen molar-refractivity contribution in [3.8, 4) is 0 Å². The van der Waals surface area contributed by atoms with Gasteiger partial charge in [0.25, 0.3) is 0 Å². The van der Waals surface area contributed by atoms with E-state index in [2.05, 4.69) is 22.9 Å². The van der Waals surface area contributed by atoms with Crippen molar-refractivity contribution >= 4 is 24.3 Å². The maximum atomic E-state index is 12.2. The molecule has 1 saturated carbocycles. The summed E-state index contributed by atoms with van der Waals surface area (Å²) in [7, 11) is 0. The van der Waals surface area contributed by atoms with Gasteiger partial charge in [-0.05, 0) is 32.6 Å². The molecule has 1 aliphatic carbocycles. The van der Waals surface area contributed by atoms with Gasteiger partial charge >= 0.3 is 6.03 Å². The van der Waals surface area contributed by atoms with Crippen molar-refractivity contribution < 1.29 is 9.59 Å². The number of urea groups is 1. The van der Waals surface area contributed by atoms with Gasteiger partial charge in [0.05, 0.1) is 0 Å². The summed E-state index contributed by atoms with van der Waals surface area (Å²) in [4.78, 5) is 26.0. The maximum absolute atomic E-state index is 12.2. The van der Waals surface area contributed by atoms with Gasteiger partial charge in [0.2, 0.25) is 5.91 Å². The molecule has 0 radical (unpaired) electrons. The summed E-state index contributed by atoms with van der Waals surface area (Å²) in [6.45, 7) is 5.40. The van der Waals surface area contributed by atoms with E-state index in [-0.39, 0.29) is 24.3 Å². The Morgan fingerprint density at radius 2 is 1.88 bits per heavy atom. The van der Waals surface area contributed by atoms with Crippen LogP contribution in [0.5, 0.6) is 0 Å². The van der Waals surface area contributed by atoms with Gasteiger partial charge in [0.1, 0.15) is 0 Å². The SMILES string of the molecule is CC1CNCCN1C(=O)CCCCCNC(=O)NC1CCCCC1.Cl. The van der Waals surface area contributed by atoms with E-state index in [1.165, 1.54) is 19.3 Å². The molecule has 0 aromatic heterocycles. The van der Waals surface area contributed by atoms with Gasteiger partial charge in [-0.3, -0.25) is 4.79 Å². The molecule has 1 heterocycles. The summed E-state index contributed by atoms with van der Waals surface area (Å²) in [5.41, 5.74) is 0. The smallest absolute Gasteiger partial charge is 0.315 e. The first kappa shape index (κ1) is 22.0. The van der Waals surface area contributed by atoms with Gasteiger partial charge in [0, 0.05) is 44.7 Å². The van der Waals surface area contributed by atoms with Crippen molar-refractivity contribution in [1.82, 2.24) is 20.9 Å². The second kappa shape index (κ2) is 12.4. The van der Waals surface area contributed by atoms with Crippen molar-refractivity contribution in [3.63, 3.8) is 0 Å². The molecule has 1 atom stereocenters. The number of unbranched alkanes of at least 4 members (excludes halogenated alkanes) is 2. The van der Waals surface area contributed by atoms with Gasteiger partial charge in [-0.1, -0.05) is 25.7 Å². The third-order valence-electron chi connectivity index (χ3n) is 5.12. The Labute approximate surface area is 158 Å². The van der Waals surface area contributed by atoms with Gasteiger partial charge in [-0.2, -0.15) is 0 Å². The Morgan fingerprint density at radius 1 is 1.12 bits per heavy atom. The summed E-state index contributed by atoms with van der Waals surface area (Å²) >= 11 is 0. The number of rotatable bonds is 7. The number of hydrogen-bond donors (Lipinski definition) is 3. The zero-order chi connectivity index (χ0) is 17.2. The fourth-order valence-corrected chi connectivity index (χ4v) is 3.62. The topological polar surface area (TPSA) is 73.5 Å². The molecule has 0 spiro atoms. The first-order valence-corrected chi connectivity index (χ1v) is 9.71. The minimum absolute atomic E-state index is 0. The molecular weight excluding hydrogens is 340 g/mol. The van der Waals surface area contributed by atoms with Crippen LogP contribution in [-0.2, 0) is 4.79 Å². The molecular formula is C18H35ClN4O2. The van der Waals surface area contributed by atoms with E-state index < -0.39 is 0 Å². The molecule has 3 amide bonds. The molecule has 7 heteroatoms. The minimum atomic E-state index is -0.0346. The molecule has 1 unspecified atom stereocenters. The highest BCUT2D eigenvalue weighted by Crippen LogP contribution is 2.17. The van der Waals surface area contributed by atoms with E-state index in [4.69, 9.17) is 0 Å². The first-order chi connectivity index (χ1) is 11.7. The highest BCUT2D eigenvalue weighted by molar-refractivity contribution is 5.85. The highest BCUT2D eigenvalue weighted by atomic mass is 35.5. The standard InChI is InChI=1S/C18H34N4O2.ClH/c1-15-14-19-12-13-22(15)17(23)10-6-3-7-11-20-18(24)21-16-8-4-2-5-9-16;/h15-16,19H,2-14H2,1H3,(H2,20,21,24);1H. The number of hydrogen-bond acceptors (Lipinski definition) is 3. The first-order valence-electron chi connectivity index (χ1n) is 9.71. The molecule has 3 N–H and O–H groups in total. The molecule has 2 fully saturated rings. The lowest BCUT2D eigenvalue weighted by Gasteiger charge is -2.34. The molecule has 25 heavy (non-hydrogen) atoms. The van der Waals surface area contributed by atoms with Crippen LogP contribution in [0, 0.1) is 0 Å². The van der Waals surface area contributed by atoms with Crippen molar-refractivity contribution in [2.45, 2.75) is 76.8 Å². The van der Waals surface area contributed by atoms with Crippen LogP contribution in [-0.4, -0.2) is 55.1 Å². The Kier molecular flexibility index (Phi) is 10.9. The highest BCUT2D eigenvalue weighted by Gasteiger charge is 2.22. The lowest BCUT2D eigenvalue weighted by molar-refractivity contribution is -0.134. The number of nitrogens with one attached hydrogen (secondary N) is 3. The molecule has 146 valence electrons. The minimum Gasteiger partial charge on any atom is -0.338 e. The fraction of sp³-hybridized carbons (Fsp3) is 0.889. The second-order valence-electron chi connectivity index (χ2n) is 7.19. The van der Waals surface area contributed by atoms with Crippen LogP contribution in [0.2, 0.25) is 0 Å². The van der Waals surface area contributed by atoms with Crippen LogP contribution >= 0.6 is 12.4 Å². The van der Waals surface area contributed by atoms with Crippen molar-refractivity contribution in [2.24, 2.45) is 0 Å². The average Bonchev–Trinajstić information content (AvgIpc) is 2.59. The van der Waals surface area contributed by atoms with Gasteiger partial charge in [0.15, 0.2) is 0 Å². The van der Waals surface area contributed by atoms with E-state index >= 15 is 0 Å². The third kappa shape index (κ3) is 8.27. The summed E-state index contributed by atoms with van der Waals surface area (Å²) in [6, 6.07) is 0.626. The van der Waals surface area contributed by atoms with Crippen LogP contribution < -0.4 is 16.0 Å². The van der Waals surface area contributed by atoms with Crippen molar-refractivity contribution in [1.29, 1.82) is 0 Å². The normalized spacial score (nSPS) is 21.3. The largest absolute Gasteiger partial charge is 0.338 e. The molecule has 2 aliphatic rings. The molecule has 2 rings (SSSR count). The summed E-state index contributed by atoms with van der Waals surface area (Å²) in [5.74, 6) is 0.270. The van der Waals surface area contributed by atoms with E-state index in [0.717, 1.165) is 51.7 Å².